The van der Waals surface area contributed by atoms with Crippen LogP contribution in [0.5, 0.6) is 5.75 Å². The number of rotatable bonds is 5. The Morgan fingerprint density at radius 1 is 1.45 bits per heavy atom. The lowest BCUT2D eigenvalue weighted by Gasteiger charge is -2.10. The Labute approximate surface area is 121 Å². The van der Waals surface area contributed by atoms with E-state index in [9.17, 15) is 4.79 Å². The quantitative estimate of drug-likeness (QED) is 0.677. The number of aryl methyl sites for hydroxylation is 1. The fourth-order valence-electron chi connectivity index (χ4n) is 1.66. The molecule has 2 N–H and O–H groups in total. The summed E-state index contributed by atoms with van der Waals surface area (Å²) in [6.45, 7) is 4.29. The highest BCUT2D eigenvalue weighted by Gasteiger charge is 2.14. The zero-order valence-corrected chi connectivity index (χ0v) is 12.2. The Kier molecular flexibility index (Phi) is 4.57. The van der Waals surface area contributed by atoms with E-state index in [4.69, 9.17) is 15.2 Å². The lowest BCUT2D eigenvalue weighted by atomic mass is 10.2. The Balaban J connectivity index is 2.16. The minimum absolute atomic E-state index is 0.292. The minimum Gasteiger partial charge on any atom is -0.486 e. The fourth-order valence-corrected chi connectivity index (χ4v) is 2.26. The molecule has 0 radical (unpaired) electrons. The van der Waals surface area contributed by atoms with Gasteiger partial charge in [-0.3, -0.25) is 0 Å². The van der Waals surface area contributed by atoms with Crippen molar-refractivity contribution in [2.24, 2.45) is 0 Å². The molecule has 20 heavy (non-hydrogen) atoms. The molecular weight excluding hydrogens is 276 g/mol. The summed E-state index contributed by atoms with van der Waals surface area (Å²) < 4.78 is 10.6. The van der Waals surface area contributed by atoms with E-state index in [0.717, 1.165) is 10.7 Å². The predicted octanol–water partition coefficient (Wildman–Crippen LogP) is 2.79. The van der Waals surface area contributed by atoms with Crippen molar-refractivity contribution in [3.8, 4) is 5.75 Å². The highest BCUT2D eigenvalue weighted by molar-refractivity contribution is 7.09. The van der Waals surface area contributed by atoms with Crippen molar-refractivity contribution in [2.75, 3.05) is 12.3 Å². The third kappa shape index (κ3) is 3.48. The van der Waals surface area contributed by atoms with Gasteiger partial charge >= 0.3 is 5.97 Å². The van der Waals surface area contributed by atoms with Crippen molar-refractivity contribution >= 4 is 23.0 Å². The van der Waals surface area contributed by atoms with Gasteiger partial charge in [-0.25, -0.2) is 9.78 Å². The fraction of sp³-hybridized carbons (Fsp3) is 0.286. The Morgan fingerprint density at radius 3 is 2.90 bits per heavy atom. The zero-order chi connectivity index (χ0) is 14.5. The van der Waals surface area contributed by atoms with Gasteiger partial charge in [0.05, 0.1) is 17.3 Å². The number of hydrogen-bond donors (Lipinski definition) is 1. The summed E-state index contributed by atoms with van der Waals surface area (Å²) in [6, 6.07) is 4.87. The molecule has 0 aliphatic rings. The number of hydrogen-bond acceptors (Lipinski definition) is 6. The Morgan fingerprint density at radius 2 is 2.25 bits per heavy atom. The highest BCUT2D eigenvalue weighted by Crippen LogP contribution is 2.24. The number of carbonyl (C=O) groups excluding carboxylic acids is 1. The maximum absolute atomic E-state index is 11.8. The van der Waals surface area contributed by atoms with Crippen molar-refractivity contribution < 1.29 is 14.3 Å². The van der Waals surface area contributed by atoms with Crippen LogP contribution in [0.1, 0.15) is 28.0 Å². The molecule has 0 unspecified atom stereocenters. The first-order valence-corrected chi connectivity index (χ1v) is 7.08. The van der Waals surface area contributed by atoms with E-state index >= 15 is 0 Å². The molecule has 5 nitrogen and oxygen atoms in total. The highest BCUT2D eigenvalue weighted by atomic mass is 32.1. The molecule has 1 heterocycles. The number of nitrogens with two attached hydrogens (primary N) is 1. The minimum atomic E-state index is -0.419. The summed E-state index contributed by atoms with van der Waals surface area (Å²) in [5.74, 6) is -0.00828. The summed E-state index contributed by atoms with van der Waals surface area (Å²) in [7, 11) is 0. The maximum Gasteiger partial charge on any atom is 0.341 e. The van der Waals surface area contributed by atoms with Crippen molar-refractivity contribution in [3.63, 3.8) is 0 Å². The number of nitrogen functional groups attached to an aromatic ring is 1. The molecule has 0 bridgehead atoms. The van der Waals surface area contributed by atoms with Crippen molar-refractivity contribution in [2.45, 2.75) is 20.5 Å². The monoisotopic (exact) mass is 292 g/mol. The third-order valence-corrected chi connectivity index (χ3v) is 3.37. The van der Waals surface area contributed by atoms with Crippen LogP contribution in [0.4, 0.5) is 5.69 Å². The van der Waals surface area contributed by atoms with Gasteiger partial charge in [-0.05, 0) is 26.0 Å². The maximum atomic E-state index is 11.8. The number of nitrogens with zero attached hydrogens (tertiary/aromatic N) is 1. The molecule has 0 saturated heterocycles. The smallest absolute Gasteiger partial charge is 0.341 e. The van der Waals surface area contributed by atoms with Crippen LogP contribution in [-0.2, 0) is 11.3 Å². The first kappa shape index (κ1) is 14.3. The number of anilines is 1. The van der Waals surface area contributed by atoms with Crippen LogP contribution in [0.15, 0.2) is 23.6 Å². The second kappa shape index (κ2) is 6.38. The topological polar surface area (TPSA) is 74.4 Å². The molecule has 2 rings (SSSR count). The molecule has 0 saturated carbocycles. The van der Waals surface area contributed by atoms with Gasteiger partial charge in [0.2, 0.25) is 0 Å². The van der Waals surface area contributed by atoms with Crippen LogP contribution in [0.3, 0.4) is 0 Å². The van der Waals surface area contributed by atoms with Crippen molar-refractivity contribution in [1.29, 1.82) is 0 Å². The van der Waals surface area contributed by atoms with Gasteiger partial charge in [0.25, 0.3) is 0 Å². The Bertz CT molecular complexity index is 610. The first-order chi connectivity index (χ1) is 9.60. The lowest BCUT2D eigenvalue weighted by molar-refractivity contribution is 0.0521. The predicted molar refractivity (Wildman–Crippen MR) is 78.0 cm³/mol. The average Bonchev–Trinajstić information content (AvgIpc) is 2.82. The summed E-state index contributed by atoms with van der Waals surface area (Å²) in [4.78, 5) is 16.1. The molecule has 106 valence electrons. The summed E-state index contributed by atoms with van der Waals surface area (Å²) in [5, 5.41) is 2.90. The largest absolute Gasteiger partial charge is 0.486 e. The van der Waals surface area contributed by atoms with E-state index in [1.54, 1.807) is 36.5 Å². The number of carbonyl (C=O) groups is 1. The van der Waals surface area contributed by atoms with Gasteiger partial charge in [0, 0.05) is 17.1 Å². The number of aromatic nitrogens is 1. The molecule has 2 aromatic rings. The van der Waals surface area contributed by atoms with Crippen LogP contribution in [-0.4, -0.2) is 17.6 Å². The van der Waals surface area contributed by atoms with Gasteiger partial charge in [-0.2, -0.15) is 0 Å². The van der Waals surface area contributed by atoms with Crippen LogP contribution in [0.25, 0.3) is 0 Å². The van der Waals surface area contributed by atoms with Gasteiger partial charge in [-0.15, -0.1) is 11.3 Å². The molecule has 6 heteroatoms. The van der Waals surface area contributed by atoms with E-state index in [1.165, 1.54) is 0 Å². The molecule has 1 aromatic carbocycles. The second-order valence-electron chi connectivity index (χ2n) is 4.12. The molecule has 1 aromatic heterocycles. The van der Waals surface area contributed by atoms with E-state index in [2.05, 4.69) is 4.98 Å². The SMILES string of the molecule is CCOC(=O)c1ccc(N)cc1OCc1csc(C)n1. The third-order valence-electron chi connectivity index (χ3n) is 2.54. The normalized spacial score (nSPS) is 10.3. The van der Waals surface area contributed by atoms with Crippen LogP contribution >= 0.6 is 11.3 Å². The van der Waals surface area contributed by atoms with Crippen molar-refractivity contribution in [1.82, 2.24) is 4.98 Å². The van der Waals surface area contributed by atoms with E-state index < -0.39 is 5.97 Å². The van der Waals surface area contributed by atoms with E-state index in [1.807, 2.05) is 12.3 Å². The zero-order valence-electron chi connectivity index (χ0n) is 11.4. The summed E-state index contributed by atoms with van der Waals surface area (Å²) in [6.07, 6.45) is 0. The summed E-state index contributed by atoms with van der Waals surface area (Å²) in [5.41, 5.74) is 7.45. The molecule has 0 amide bonds. The first-order valence-electron chi connectivity index (χ1n) is 6.20. The molecule has 0 spiro atoms. The molecule has 0 aliphatic heterocycles. The van der Waals surface area contributed by atoms with E-state index in [0.29, 0.717) is 30.2 Å². The average molecular weight is 292 g/mol. The van der Waals surface area contributed by atoms with Gasteiger partial charge in [-0.1, -0.05) is 0 Å². The Hall–Kier alpha value is -2.08. The number of esters is 1. The standard InChI is InChI=1S/C14H16N2O3S/c1-3-18-14(17)12-5-4-10(15)6-13(12)19-7-11-8-20-9(2)16-11/h4-6,8H,3,7,15H2,1-2H3. The number of thiazole rings is 1. The summed E-state index contributed by atoms with van der Waals surface area (Å²) >= 11 is 1.55. The second-order valence-corrected chi connectivity index (χ2v) is 5.18. The van der Waals surface area contributed by atoms with E-state index in [-0.39, 0.29) is 0 Å². The van der Waals surface area contributed by atoms with Gasteiger partial charge in [0.1, 0.15) is 17.9 Å². The van der Waals surface area contributed by atoms with Crippen LogP contribution < -0.4 is 10.5 Å². The molecule has 0 fully saturated rings. The van der Waals surface area contributed by atoms with Crippen LogP contribution in [0, 0.1) is 6.92 Å². The molecule has 0 atom stereocenters. The van der Waals surface area contributed by atoms with Crippen molar-refractivity contribution in [3.05, 3.63) is 39.8 Å². The van der Waals surface area contributed by atoms with Gasteiger partial charge in [0.15, 0.2) is 0 Å². The number of benzene rings is 1. The van der Waals surface area contributed by atoms with Gasteiger partial charge < -0.3 is 15.2 Å². The lowest BCUT2D eigenvalue weighted by Crippen LogP contribution is -2.08. The van der Waals surface area contributed by atoms with Crippen LogP contribution in [0.2, 0.25) is 0 Å². The molecular formula is C14H16N2O3S. The number of ether oxygens (including phenoxy) is 2. The molecule has 0 aliphatic carbocycles.